The van der Waals surface area contributed by atoms with Crippen LogP contribution in [-0.4, -0.2) is 5.91 Å². The highest BCUT2D eigenvalue weighted by Crippen LogP contribution is 2.22. The largest absolute Gasteiger partial charge is 0.464 e. The van der Waals surface area contributed by atoms with E-state index in [0.717, 1.165) is 17.0 Å². The zero-order valence-corrected chi connectivity index (χ0v) is 10.9. The normalized spacial score (nSPS) is 10.7. The van der Waals surface area contributed by atoms with Crippen molar-refractivity contribution >= 4 is 34.2 Å². The number of carbonyl (C=O) groups is 1. The number of furan rings is 1. The first-order chi connectivity index (χ1) is 9.63. The number of hydrogen-bond donors (Lipinski definition) is 1. The van der Waals surface area contributed by atoms with Crippen LogP contribution in [0.2, 0.25) is 5.02 Å². The minimum absolute atomic E-state index is 0.0758. The van der Waals surface area contributed by atoms with Crippen LogP contribution >= 0.6 is 11.6 Å². The first-order valence-corrected chi connectivity index (χ1v) is 6.25. The third-order valence-corrected chi connectivity index (χ3v) is 3.20. The van der Waals surface area contributed by atoms with Crippen LogP contribution in [0.1, 0.15) is 10.4 Å². The van der Waals surface area contributed by atoms with Crippen LogP contribution in [0.3, 0.4) is 0 Å². The molecule has 0 fully saturated rings. The van der Waals surface area contributed by atoms with Crippen molar-refractivity contribution in [3.8, 4) is 0 Å². The predicted octanol–water partition coefficient (Wildman–Crippen LogP) is 4.48. The van der Waals surface area contributed by atoms with Gasteiger partial charge in [0.05, 0.1) is 16.8 Å². The highest BCUT2D eigenvalue weighted by molar-refractivity contribution is 6.34. The van der Waals surface area contributed by atoms with Crippen LogP contribution in [0, 0.1) is 5.82 Å². The number of anilines is 1. The molecule has 20 heavy (non-hydrogen) atoms. The third kappa shape index (κ3) is 2.38. The Labute approximate surface area is 119 Å². The van der Waals surface area contributed by atoms with Crippen LogP contribution in [0.4, 0.5) is 10.1 Å². The summed E-state index contributed by atoms with van der Waals surface area (Å²) >= 11 is 5.85. The average Bonchev–Trinajstić information content (AvgIpc) is 2.85. The van der Waals surface area contributed by atoms with Crippen molar-refractivity contribution in [2.45, 2.75) is 0 Å². The number of carbonyl (C=O) groups excluding carboxylic acids is 1. The molecule has 1 heterocycles. The zero-order valence-electron chi connectivity index (χ0n) is 10.2. The van der Waals surface area contributed by atoms with Crippen LogP contribution in [-0.2, 0) is 0 Å². The molecule has 0 spiro atoms. The Kier molecular flexibility index (Phi) is 3.16. The number of benzene rings is 2. The monoisotopic (exact) mass is 289 g/mol. The fourth-order valence-corrected chi connectivity index (χ4v) is 2.17. The lowest BCUT2D eigenvalue weighted by Crippen LogP contribution is -2.12. The standard InChI is InChI=1S/C15H9ClFNO2/c16-13-8-10(17)1-3-12(13)15(19)18-11-2-4-14-9(7-11)5-6-20-14/h1-8H,(H,18,19). The molecule has 3 nitrogen and oxygen atoms in total. The summed E-state index contributed by atoms with van der Waals surface area (Å²) in [5.41, 5.74) is 1.58. The lowest BCUT2D eigenvalue weighted by Gasteiger charge is -2.06. The van der Waals surface area contributed by atoms with Gasteiger partial charge in [0.1, 0.15) is 11.4 Å². The summed E-state index contributed by atoms with van der Waals surface area (Å²) in [4.78, 5) is 12.1. The topological polar surface area (TPSA) is 42.2 Å². The molecule has 100 valence electrons. The summed E-state index contributed by atoms with van der Waals surface area (Å²) in [6, 6.07) is 10.7. The van der Waals surface area contributed by atoms with Crippen molar-refractivity contribution in [3.63, 3.8) is 0 Å². The van der Waals surface area contributed by atoms with E-state index in [4.69, 9.17) is 16.0 Å². The summed E-state index contributed by atoms with van der Waals surface area (Å²) < 4.78 is 18.2. The highest BCUT2D eigenvalue weighted by atomic mass is 35.5. The van der Waals surface area contributed by atoms with Gasteiger partial charge in [-0.25, -0.2) is 4.39 Å². The first kappa shape index (κ1) is 12.7. The van der Waals surface area contributed by atoms with E-state index in [9.17, 15) is 9.18 Å². The molecule has 0 saturated heterocycles. The van der Waals surface area contributed by atoms with Gasteiger partial charge < -0.3 is 9.73 Å². The number of hydrogen-bond acceptors (Lipinski definition) is 2. The van der Waals surface area contributed by atoms with Gasteiger partial charge in [0, 0.05) is 11.1 Å². The summed E-state index contributed by atoms with van der Waals surface area (Å²) in [6.45, 7) is 0. The summed E-state index contributed by atoms with van der Waals surface area (Å²) in [5, 5.41) is 3.67. The second-order valence-electron chi connectivity index (χ2n) is 4.25. The average molecular weight is 290 g/mol. The highest BCUT2D eigenvalue weighted by Gasteiger charge is 2.11. The van der Waals surface area contributed by atoms with Gasteiger partial charge in [-0.05, 0) is 42.5 Å². The predicted molar refractivity (Wildman–Crippen MR) is 75.6 cm³/mol. The molecule has 0 unspecified atom stereocenters. The number of fused-ring (bicyclic) bond motifs is 1. The van der Waals surface area contributed by atoms with Crippen LogP contribution in [0.25, 0.3) is 11.0 Å². The van der Waals surface area contributed by atoms with E-state index in [1.807, 2.05) is 0 Å². The molecule has 3 rings (SSSR count). The maximum atomic E-state index is 13.0. The second kappa shape index (κ2) is 4.98. The fraction of sp³-hybridized carbons (Fsp3) is 0. The van der Waals surface area contributed by atoms with Gasteiger partial charge >= 0.3 is 0 Å². The number of nitrogens with one attached hydrogen (secondary N) is 1. The van der Waals surface area contributed by atoms with Gasteiger partial charge in [0.25, 0.3) is 5.91 Å². The summed E-state index contributed by atoms with van der Waals surface area (Å²) in [6.07, 6.45) is 1.58. The van der Waals surface area contributed by atoms with Crippen molar-refractivity contribution in [3.05, 3.63) is 65.1 Å². The SMILES string of the molecule is O=C(Nc1ccc2occc2c1)c1ccc(F)cc1Cl. The van der Waals surface area contributed by atoms with Gasteiger partial charge in [-0.2, -0.15) is 0 Å². The van der Waals surface area contributed by atoms with Crippen molar-refractivity contribution < 1.29 is 13.6 Å². The maximum Gasteiger partial charge on any atom is 0.257 e. The van der Waals surface area contributed by atoms with E-state index >= 15 is 0 Å². The molecule has 0 aliphatic heterocycles. The van der Waals surface area contributed by atoms with Crippen molar-refractivity contribution in [1.82, 2.24) is 0 Å². The molecular weight excluding hydrogens is 281 g/mol. The quantitative estimate of drug-likeness (QED) is 0.756. The summed E-state index contributed by atoms with van der Waals surface area (Å²) in [5.74, 6) is -0.871. The molecule has 0 saturated carbocycles. The van der Waals surface area contributed by atoms with E-state index < -0.39 is 11.7 Å². The molecule has 0 aliphatic carbocycles. The van der Waals surface area contributed by atoms with Gasteiger partial charge in [0.2, 0.25) is 0 Å². The van der Waals surface area contributed by atoms with Crippen molar-refractivity contribution in [1.29, 1.82) is 0 Å². The molecule has 5 heteroatoms. The molecule has 0 aliphatic rings. The fourth-order valence-electron chi connectivity index (χ4n) is 1.92. The Bertz CT molecular complexity index is 797. The van der Waals surface area contributed by atoms with Crippen LogP contribution in [0.15, 0.2) is 53.1 Å². The van der Waals surface area contributed by atoms with E-state index in [1.54, 1.807) is 30.5 Å². The molecular formula is C15H9ClFNO2. The maximum absolute atomic E-state index is 13.0. The third-order valence-electron chi connectivity index (χ3n) is 2.89. The van der Waals surface area contributed by atoms with Gasteiger partial charge in [-0.3, -0.25) is 4.79 Å². The van der Waals surface area contributed by atoms with Crippen LogP contribution in [0.5, 0.6) is 0 Å². The Morgan fingerprint density at radius 1 is 1.15 bits per heavy atom. The van der Waals surface area contributed by atoms with Crippen molar-refractivity contribution in [2.24, 2.45) is 0 Å². The van der Waals surface area contributed by atoms with Crippen LogP contribution < -0.4 is 5.32 Å². The first-order valence-electron chi connectivity index (χ1n) is 5.87. The second-order valence-corrected chi connectivity index (χ2v) is 4.66. The van der Waals surface area contributed by atoms with Gasteiger partial charge in [-0.15, -0.1) is 0 Å². The smallest absolute Gasteiger partial charge is 0.257 e. The lowest BCUT2D eigenvalue weighted by molar-refractivity contribution is 0.102. The molecule has 1 amide bonds. The molecule has 3 aromatic rings. The Morgan fingerprint density at radius 2 is 2.00 bits per heavy atom. The Morgan fingerprint density at radius 3 is 2.80 bits per heavy atom. The molecule has 1 N–H and O–H groups in total. The van der Waals surface area contributed by atoms with Gasteiger partial charge in [0.15, 0.2) is 0 Å². The molecule has 0 radical (unpaired) electrons. The molecule has 2 aromatic carbocycles. The Hall–Kier alpha value is -2.33. The van der Waals surface area contributed by atoms with E-state index in [1.165, 1.54) is 12.1 Å². The van der Waals surface area contributed by atoms with E-state index in [2.05, 4.69) is 5.32 Å². The lowest BCUT2D eigenvalue weighted by atomic mass is 10.2. The molecule has 0 atom stereocenters. The Balaban J connectivity index is 1.87. The number of amides is 1. The minimum atomic E-state index is -0.480. The molecule has 0 bridgehead atoms. The van der Waals surface area contributed by atoms with Gasteiger partial charge in [-0.1, -0.05) is 11.6 Å². The van der Waals surface area contributed by atoms with E-state index in [-0.39, 0.29) is 10.6 Å². The van der Waals surface area contributed by atoms with E-state index in [0.29, 0.717) is 5.69 Å². The number of halogens is 2. The minimum Gasteiger partial charge on any atom is -0.464 e. The summed E-state index contributed by atoms with van der Waals surface area (Å²) in [7, 11) is 0. The molecule has 1 aromatic heterocycles. The van der Waals surface area contributed by atoms with Crippen molar-refractivity contribution in [2.75, 3.05) is 5.32 Å². The number of rotatable bonds is 2. The zero-order chi connectivity index (χ0) is 14.1.